The molecule has 1 aromatic carbocycles. The Bertz CT molecular complexity index is 553. The minimum absolute atomic E-state index is 0.214. The van der Waals surface area contributed by atoms with Crippen LogP contribution in [0.5, 0.6) is 0 Å². The molecule has 2 heterocycles. The van der Waals surface area contributed by atoms with Gasteiger partial charge in [-0.2, -0.15) is 23.5 Å². The number of rotatable bonds is 3. The van der Waals surface area contributed by atoms with E-state index in [-0.39, 0.29) is 6.04 Å². The van der Waals surface area contributed by atoms with Crippen LogP contribution in [0, 0.1) is 0 Å². The van der Waals surface area contributed by atoms with Gasteiger partial charge in [-0.25, -0.2) is 0 Å². The molecular formula is C15H18N2S2. The van der Waals surface area contributed by atoms with Crippen LogP contribution in [0.4, 0.5) is 0 Å². The molecule has 1 aromatic heterocycles. The standard InChI is InChI=1S/C15H18N2S2/c16-13(15-10-18-7-8-19-15)9-12-6-5-11-3-1-2-4-14(11)17-12/h1-6,13,15H,7-10,16H2. The highest BCUT2D eigenvalue weighted by atomic mass is 32.2. The molecular weight excluding hydrogens is 272 g/mol. The molecule has 4 heteroatoms. The van der Waals surface area contributed by atoms with E-state index in [4.69, 9.17) is 10.7 Å². The fourth-order valence-corrected chi connectivity index (χ4v) is 5.17. The lowest BCUT2D eigenvalue weighted by Gasteiger charge is -2.26. The van der Waals surface area contributed by atoms with Crippen molar-refractivity contribution in [2.45, 2.75) is 17.7 Å². The molecule has 0 saturated carbocycles. The fourth-order valence-electron chi connectivity index (χ4n) is 2.35. The number of hydrogen-bond acceptors (Lipinski definition) is 4. The summed E-state index contributed by atoms with van der Waals surface area (Å²) in [5, 5.41) is 1.77. The summed E-state index contributed by atoms with van der Waals surface area (Å²) in [6.07, 6.45) is 0.878. The van der Waals surface area contributed by atoms with E-state index in [9.17, 15) is 0 Å². The molecule has 0 aliphatic carbocycles. The fraction of sp³-hybridized carbons (Fsp3) is 0.400. The molecule has 1 aliphatic heterocycles. The zero-order chi connectivity index (χ0) is 13.1. The first-order valence-corrected chi connectivity index (χ1v) is 8.83. The molecule has 2 aromatic rings. The van der Waals surface area contributed by atoms with Crippen molar-refractivity contribution in [1.29, 1.82) is 0 Å². The number of hydrogen-bond donors (Lipinski definition) is 1. The summed E-state index contributed by atoms with van der Waals surface area (Å²) in [5.74, 6) is 3.68. The maximum absolute atomic E-state index is 6.35. The lowest BCUT2D eigenvalue weighted by molar-refractivity contribution is 0.655. The van der Waals surface area contributed by atoms with Crippen LogP contribution in [0.1, 0.15) is 5.69 Å². The van der Waals surface area contributed by atoms with Gasteiger partial charge >= 0.3 is 0 Å². The van der Waals surface area contributed by atoms with Gasteiger partial charge in [0.05, 0.1) is 5.52 Å². The lowest BCUT2D eigenvalue weighted by atomic mass is 10.1. The van der Waals surface area contributed by atoms with Gasteiger partial charge in [0.2, 0.25) is 0 Å². The third-order valence-corrected chi connectivity index (χ3v) is 6.36. The summed E-state index contributed by atoms with van der Waals surface area (Å²) in [6.45, 7) is 0. The van der Waals surface area contributed by atoms with Crippen LogP contribution < -0.4 is 5.73 Å². The molecule has 0 bridgehead atoms. The minimum Gasteiger partial charge on any atom is -0.326 e. The Morgan fingerprint density at radius 1 is 1.21 bits per heavy atom. The van der Waals surface area contributed by atoms with E-state index in [1.165, 1.54) is 22.6 Å². The summed E-state index contributed by atoms with van der Waals surface area (Å²) >= 11 is 4.04. The Morgan fingerprint density at radius 3 is 2.95 bits per heavy atom. The molecule has 100 valence electrons. The van der Waals surface area contributed by atoms with Crippen LogP contribution in [0.3, 0.4) is 0 Å². The molecule has 19 heavy (non-hydrogen) atoms. The van der Waals surface area contributed by atoms with Gasteiger partial charge in [-0.05, 0) is 12.1 Å². The zero-order valence-corrected chi connectivity index (χ0v) is 12.4. The van der Waals surface area contributed by atoms with Gasteiger partial charge in [-0.3, -0.25) is 4.98 Å². The van der Waals surface area contributed by atoms with E-state index in [1.807, 2.05) is 35.7 Å². The SMILES string of the molecule is NC(Cc1ccc2ccccc2n1)C1CSCCS1. The van der Waals surface area contributed by atoms with Crippen LogP contribution in [0.2, 0.25) is 0 Å². The zero-order valence-electron chi connectivity index (χ0n) is 10.8. The summed E-state index contributed by atoms with van der Waals surface area (Å²) in [6, 6.07) is 12.7. The number of nitrogens with two attached hydrogens (primary N) is 1. The average Bonchev–Trinajstić information content (AvgIpc) is 2.48. The second-order valence-corrected chi connectivity index (χ2v) is 7.34. The number of thioether (sulfide) groups is 2. The highest BCUT2D eigenvalue weighted by molar-refractivity contribution is 8.06. The van der Waals surface area contributed by atoms with Gasteiger partial charge in [0.15, 0.2) is 0 Å². The Balaban J connectivity index is 1.73. The third kappa shape index (κ3) is 3.25. The van der Waals surface area contributed by atoms with Crippen molar-refractivity contribution in [2.75, 3.05) is 17.3 Å². The molecule has 0 spiro atoms. The van der Waals surface area contributed by atoms with Gasteiger partial charge in [0.25, 0.3) is 0 Å². The van der Waals surface area contributed by atoms with Crippen LogP contribution in [0.15, 0.2) is 36.4 Å². The van der Waals surface area contributed by atoms with Crippen molar-refractivity contribution in [3.63, 3.8) is 0 Å². The first kappa shape index (κ1) is 13.3. The predicted octanol–water partition coefficient (Wildman–Crippen LogP) is 2.95. The number of para-hydroxylation sites is 1. The highest BCUT2D eigenvalue weighted by Crippen LogP contribution is 2.27. The van der Waals surface area contributed by atoms with E-state index in [0.717, 1.165) is 17.6 Å². The number of pyridine rings is 1. The summed E-state index contributed by atoms with van der Waals surface area (Å²) in [5.41, 5.74) is 8.53. The normalized spacial score (nSPS) is 21.4. The van der Waals surface area contributed by atoms with Crippen molar-refractivity contribution < 1.29 is 0 Å². The topological polar surface area (TPSA) is 38.9 Å². The van der Waals surface area contributed by atoms with Crippen LogP contribution in [0.25, 0.3) is 10.9 Å². The largest absolute Gasteiger partial charge is 0.326 e. The second-order valence-electron chi connectivity index (χ2n) is 4.85. The van der Waals surface area contributed by atoms with E-state index in [1.54, 1.807) is 0 Å². The second kappa shape index (κ2) is 6.16. The Kier molecular flexibility index (Phi) is 4.31. The Hall–Kier alpha value is -0.710. The summed E-state index contributed by atoms with van der Waals surface area (Å²) < 4.78 is 0. The predicted molar refractivity (Wildman–Crippen MR) is 87.0 cm³/mol. The van der Waals surface area contributed by atoms with Gasteiger partial charge < -0.3 is 5.73 Å². The van der Waals surface area contributed by atoms with E-state index >= 15 is 0 Å². The number of aromatic nitrogens is 1. The Morgan fingerprint density at radius 2 is 2.11 bits per heavy atom. The smallest absolute Gasteiger partial charge is 0.0705 e. The van der Waals surface area contributed by atoms with Gasteiger partial charge in [0.1, 0.15) is 0 Å². The van der Waals surface area contributed by atoms with Gasteiger partial charge in [-0.1, -0.05) is 24.3 Å². The maximum Gasteiger partial charge on any atom is 0.0705 e. The molecule has 2 nitrogen and oxygen atoms in total. The first-order valence-electron chi connectivity index (χ1n) is 6.62. The minimum atomic E-state index is 0.214. The molecule has 2 unspecified atom stereocenters. The maximum atomic E-state index is 6.35. The van der Waals surface area contributed by atoms with Crippen molar-refractivity contribution in [3.8, 4) is 0 Å². The monoisotopic (exact) mass is 290 g/mol. The molecule has 0 radical (unpaired) electrons. The Labute approximate surface area is 122 Å². The molecule has 3 rings (SSSR count). The summed E-state index contributed by atoms with van der Waals surface area (Å²) in [4.78, 5) is 4.71. The number of benzene rings is 1. The van der Waals surface area contributed by atoms with Gasteiger partial charge in [0, 0.05) is 46.1 Å². The van der Waals surface area contributed by atoms with Crippen LogP contribution >= 0.6 is 23.5 Å². The van der Waals surface area contributed by atoms with E-state index in [0.29, 0.717) is 5.25 Å². The summed E-state index contributed by atoms with van der Waals surface area (Å²) in [7, 11) is 0. The molecule has 2 atom stereocenters. The van der Waals surface area contributed by atoms with Crippen LogP contribution in [-0.4, -0.2) is 33.5 Å². The molecule has 1 saturated heterocycles. The quantitative estimate of drug-likeness (QED) is 0.943. The van der Waals surface area contributed by atoms with Crippen LogP contribution in [-0.2, 0) is 6.42 Å². The molecule has 1 fully saturated rings. The van der Waals surface area contributed by atoms with Crippen molar-refractivity contribution >= 4 is 34.4 Å². The third-order valence-electron chi connectivity index (χ3n) is 3.42. The van der Waals surface area contributed by atoms with Crippen molar-refractivity contribution in [3.05, 3.63) is 42.1 Å². The average molecular weight is 290 g/mol. The molecule has 0 amide bonds. The molecule has 2 N–H and O–H groups in total. The number of fused-ring (bicyclic) bond motifs is 1. The van der Waals surface area contributed by atoms with Crippen molar-refractivity contribution in [2.24, 2.45) is 5.73 Å². The molecule has 1 aliphatic rings. The van der Waals surface area contributed by atoms with E-state index in [2.05, 4.69) is 24.3 Å². The van der Waals surface area contributed by atoms with Crippen molar-refractivity contribution in [1.82, 2.24) is 4.98 Å². The number of nitrogens with zero attached hydrogens (tertiary/aromatic N) is 1. The lowest BCUT2D eigenvalue weighted by Crippen LogP contribution is -2.38. The first-order chi connectivity index (χ1) is 9.33. The van der Waals surface area contributed by atoms with E-state index < -0.39 is 0 Å². The highest BCUT2D eigenvalue weighted by Gasteiger charge is 2.22. The van der Waals surface area contributed by atoms with Gasteiger partial charge in [-0.15, -0.1) is 0 Å².